The number of nitrogens with zero attached hydrogens (tertiary/aromatic N) is 2. The summed E-state index contributed by atoms with van der Waals surface area (Å²) in [6.07, 6.45) is -0.214. The maximum absolute atomic E-state index is 12.5. The number of imide groups is 1. The summed E-state index contributed by atoms with van der Waals surface area (Å²) in [6.45, 7) is -0.403. The van der Waals surface area contributed by atoms with E-state index in [1.165, 1.54) is 18.2 Å². The summed E-state index contributed by atoms with van der Waals surface area (Å²) in [5.41, 5.74) is 5.25. The third-order valence-corrected chi connectivity index (χ3v) is 4.39. The van der Waals surface area contributed by atoms with Crippen LogP contribution in [0.2, 0.25) is 0 Å². The van der Waals surface area contributed by atoms with E-state index in [0.717, 1.165) is 11.0 Å². The third-order valence-electron chi connectivity index (χ3n) is 4.39. The number of amides is 3. The van der Waals surface area contributed by atoms with Gasteiger partial charge in [0.1, 0.15) is 5.56 Å². The topological polar surface area (TPSA) is 153 Å². The van der Waals surface area contributed by atoms with Gasteiger partial charge in [-0.3, -0.25) is 34.2 Å². The number of anilines is 1. The molecule has 0 saturated heterocycles. The number of ketones is 1. The van der Waals surface area contributed by atoms with E-state index in [2.05, 4.69) is 5.32 Å². The summed E-state index contributed by atoms with van der Waals surface area (Å²) >= 11 is 0. The number of Topliss-reactive ketones (excluding diaryl/α,β-unsaturated/α-hetero) is 1. The molecule has 0 bridgehead atoms. The van der Waals surface area contributed by atoms with Crippen LogP contribution in [0.4, 0.5) is 11.4 Å². The molecule has 2 aromatic carbocycles. The minimum Gasteiger partial charge on any atom is -0.326 e. The normalized spacial score (nSPS) is 12.7. The fourth-order valence-corrected chi connectivity index (χ4v) is 3.00. The first-order chi connectivity index (χ1) is 13.8. The Kier molecular flexibility index (Phi) is 5.46. The number of carbonyl (C=O) groups is 4. The zero-order valence-electron chi connectivity index (χ0n) is 15.1. The van der Waals surface area contributed by atoms with E-state index in [1.807, 2.05) is 0 Å². The smallest absolute Gasteiger partial charge is 0.282 e. The first kappa shape index (κ1) is 19.8. The van der Waals surface area contributed by atoms with E-state index >= 15 is 0 Å². The molecule has 0 aromatic heterocycles. The summed E-state index contributed by atoms with van der Waals surface area (Å²) in [5.74, 6) is -2.26. The second-order valence-corrected chi connectivity index (χ2v) is 6.23. The van der Waals surface area contributed by atoms with Gasteiger partial charge in [0.25, 0.3) is 17.5 Å². The van der Waals surface area contributed by atoms with Gasteiger partial charge in [-0.25, -0.2) is 0 Å². The summed E-state index contributed by atoms with van der Waals surface area (Å²) in [5, 5.41) is 13.7. The Balaban J connectivity index is 1.68. The van der Waals surface area contributed by atoms with Crippen molar-refractivity contribution in [3.05, 3.63) is 69.3 Å². The number of carbonyl (C=O) groups excluding carboxylic acids is 4. The average Bonchev–Trinajstić information content (AvgIpc) is 2.96. The number of fused-ring (bicyclic) bond motifs is 1. The van der Waals surface area contributed by atoms with E-state index in [1.54, 1.807) is 18.2 Å². The number of nitrogens with one attached hydrogen (secondary N) is 1. The lowest BCUT2D eigenvalue weighted by Crippen LogP contribution is -2.33. The second kappa shape index (κ2) is 7.98. The average molecular weight is 396 g/mol. The van der Waals surface area contributed by atoms with Gasteiger partial charge in [-0.1, -0.05) is 18.2 Å². The molecule has 0 atom stereocenters. The molecule has 0 unspecified atom stereocenters. The fraction of sp³-hybridized carbons (Fsp3) is 0.158. The van der Waals surface area contributed by atoms with Crippen molar-refractivity contribution in [1.29, 1.82) is 0 Å². The molecule has 10 nitrogen and oxygen atoms in total. The predicted octanol–water partition coefficient (Wildman–Crippen LogP) is 1.36. The molecular formula is C19H16N4O6. The number of rotatable bonds is 7. The van der Waals surface area contributed by atoms with E-state index in [9.17, 15) is 29.3 Å². The Labute approximate surface area is 164 Å². The number of benzene rings is 2. The molecule has 148 valence electrons. The van der Waals surface area contributed by atoms with Gasteiger partial charge < -0.3 is 11.1 Å². The van der Waals surface area contributed by atoms with Crippen LogP contribution in [0.1, 0.15) is 37.5 Å². The van der Waals surface area contributed by atoms with Crippen LogP contribution in [0.5, 0.6) is 0 Å². The van der Waals surface area contributed by atoms with E-state index < -0.39 is 28.3 Å². The van der Waals surface area contributed by atoms with Crippen LogP contribution >= 0.6 is 0 Å². The molecule has 3 amide bonds. The minimum absolute atomic E-state index is 0.0578. The lowest BCUT2D eigenvalue weighted by molar-refractivity contribution is -0.385. The number of nitro groups is 1. The zero-order chi connectivity index (χ0) is 21.1. The van der Waals surface area contributed by atoms with Crippen molar-refractivity contribution in [2.24, 2.45) is 5.73 Å². The Bertz CT molecular complexity index is 1050. The van der Waals surface area contributed by atoms with Crippen molar-refractivity contribution in [1.82, 2.24) is 4.90 Å². The summed E-state index contributed by atoms with van der Waals surface area (Å²) in [7, 11) is 0. The lowest BCUT2D eigenvalue weighted by atomic mass is 10.1. The molecule has 0 saturated carbocycles. The molecular weight excluding hydrogens is 380 g/mol. The Morgan fingerprint density at radius 1 is 1.10 bits per heavy atom. The number of nitrogens with two attached hydrogens (primary N) is 1. The van der Waals surface area contributed by atoms with Crippen LogP contribution in [0, 0.1) is 10.1 Å². The van der Waals surface area contributed by atoms with Gasteiger partial charge in [-0.15, -0.1) is 0 Å². The highest BCUT2D eigenvalue weighted by molar-refractivity contribution is 6.23. The van der Waals surface area contributed by atoms with Crippen LogP contribution in [0.3, 0.4) is 0 Å². The Morgan fingerprint density at radius 3 is 2.52 bits per heavy atom. The van der Waals surface area contributed by atoms with Crippen LogP contribution in [0.25, 0.3) is 0 Å². The van der Waals surface area contributed by atoms with Gasteiger partial charge in [0.05, 0.1) is 17.0 Å². The second-order valence-electron chi connectivity index (χ2n) is 6.23. The van der Waals surface area contributed by atoms with Crippen molar-refractivity contribution >= 4 is 34.9 Å². The number of nitro benzene ring substituents is 1. The van der Waals surface area contributed by atoms with Crippen molar-refractivity contribution in [3.8, 4) is 0 Å². The summed E-state index contributed by atoms with van der Waals surface area (Å²) < 4.78 is 0. The Hall–Kier alpha value is -3.92. The molecule has 1 aliphatic heterocycles. The summed E-state index contributed by atoms with van der Waals surface area (Å²) in [6, 6.07) is 10.0. The zero-order valence-corrected chi connectivity index (χ0v) is 15.1. The number of hydrogen-bond acceptors (Lipinski definition) is 7. The maximum atomic E-state index is 12.5. The van der Waals surface area contributed by atoms with Gasteiger partial charge in [-0.05, 0) is 18.2 Å². The van der Waals surface area contributed by atoms with Crippen molar-refractivity contribution < 1.29 is 24.1 Å². The first-order valence-electron chi connectivity index (χ1n) is 8.60. The largest absolute Gasteiger partial charge is 0.326 e. The molecule has 0 spiro atoms. The van der Waals surface area contributed by atoms with Crippen LogP contribution in [-0.2, 0) is 4.79 Å². The van der Waals surface area contributed by atoms with Crippen molar-refractivity contribution in [2.45, 2.75) is 6.42 Å². The highest BCUT2D eigenvalue weighted by Gasteiger charge is 2.40. The standard InChI is InChI=1S/C19H16N4O6/c20-10-15(24)11-3-1-4-12(9-11)21-16(25)7-8-22-18(26)13-5-2-6-14(23(28)29)17(13)19(22)27/h1-6,9H,7-8,10,20H2,(H,21,25). The molecule has 3 N–H and O–H groups in total. The molecule has 0 radical (unpaired) electrons. The van der Waals surface area contributed by atoms with Crippen LogP contribution < -0.4 is 11.1 Å². The highest BCUT2D eigenvalue weighted by Crippen LogP contribution is 2.30. The quantitative estimate of drug-likeness (QED) is 0.310. The van der Waals surface area contributed by atoms with E-state index in [-0.39, 0.29) is 36.4 Å². The van der Waals surface area contributed by atoms with Gasteiger partial charge >= 0.3 is 0 Å². The van der Waals surface area contributed by atoms with E-state index in [4.69, 9.17) is 5.73 Å². The van der Waals surface area contributed by atoms with Gasteiger partial charge in [0.2, 0.25) is 5.91 Å². The van der Waals surface area contributed by atoms with Gasteiger partial charge in [-0.2, -0.15) is 0 Å². The molecule has 1 aliphatic rings. The number of hydrogen-bond donors (Lipinski definition) is 2. The monoisotopic (exact) mass is 396 g/mol. The highest BCUT2D eigenvalue weighted by atomic mass is 16.6. The molecule has 0 fully saturated rings. The molecule has 29 heavy (non-hydrogen) atoms. The molecule has 10 heteroatoms. The van der Waals surface area contributed by atoms with Crippen molar-refractivity contribution in [2.75, 3.05) is 18.4 Å². The third kappa shape index (κ3) is 3.87. The molecule has 0 aliphatic carbocycles. The SMILES string of the molecule is NCC(=O)c1cccc(NC(=O)CCN2C(=O)c3cccc([N+](=O)[O-])c3C2=O)c1. The molecule has 1 heterocycles. The van der Waals surface area contributed by atoms with Gasteiger partial charge in [0, 0.05) is 30.3 Å². The van der Waals surface area contributed by atoms with Crippen molar-refractivity contribution in [3.63, 3.8) is 0 Å². The van der Waals surface area contributed by atoms with E-state index in [0.29, 0.717) is 11.3 Å². The predicted molar refractivity (Wildman–Crippen MR) is 102 cm³/mol. The minimum atomic E-state index is -0.805. The van der Waals surface area contributed by atoms with Gasteiger partial charge in [0.15, 0.2) is 5.78 Å². The summed E-state index contributed by atoms with van der Waals surface area (Å²) in [4.78, 5) is 59.9. The van der Waals surface area contributed by atoms with Crippen LogP contribution in [-0.4, -0.2) is 46.4 Å². The Morgan fingerprint density at radius 2 is 1.83 bits per heavy atom. The maximum Gasteiger partial charge on any atom is 0.282 e. The fourth-order valence-electron chi connectivity index (χ4n) is 3.00. The molecule has 2 aromatic rings. The lowest BCUT2D eigenvalue weighted by Gasteiger charge is -2.13. The molecule has 3 rings (SSSR count). The van der Waals surface area contributed by atoms with Crippen LogP contribution in [0.15, 0.2) is 42.5 Å². The first-order valence-corrected chi connectivity index (χ1v) is 8.60.